The topological polar surface area (TPSA) is 42.7 Å². The van der Waals surface area contributed by atoms with Crippen molar-refractivity contribution in [3.8, 4) is 16.9 Å². The van der Waals surface area contributed by atoms with Crippen molar-refractivity contribution in [3.05, 3.63) is 51.1 Å². The predicted molar refractivity (Wildman–Crippen MR) is 108 cm³/mol. The lowest BCUT2D eigenvalue weighted by Crippen LogP contribution is -2.47. The van der Waals surface area contributed by atoms with E-state index >= 15 is 0 Å². The second-order valence-corrected chi connectivity index (χ2v) is 9.26. The number of amides is 1. The highest BCUT2D eigenvalue weighted by atomic mass is 32.9. The minimum atomic E-state index is -0.530. The number of nitrogens with zero attached hydrogens (tertiary/aromatic N) is 1. The van der Waals surface area contributed by atoms with E-state index in [2.05, 4.69) is 0 Å². The highest BCUT2D eigenvalue weighted by Gasteiger charge is 2.44. The Labute approximate surface area is 164 Å². The van der Waals surface area contributed by atoms with Crippen LogP contribution in [0.15, 0.2) is 41.0 Å². The zero-order valence-electron chi connectivity index (χ0n) is 14.6. The van der Waals surface area contributed by atoms with Crippen LogP contribution in [-0.2, 0) is 5.54 Å². The smallest absolute Gasteiger partial charge is 0.294 e. The van der Waals surface area contributed by atoms with Crippen LogP contribution in [0.25, 0.3) is 11.1 Å². The van der Waals surface area contributed by atoms with Crippen LogP contribution in [0.2, 0.25) is 0 Å². The minimum absolute atomic E-state index is 0.166. The zero-order chi connectivity index (χ0) is 18.5. The van der Waals surface area contributed by atoms with Crippen molar-refractivity contribution in [3.63, 3.8) is 0 Å². The largest absolute Gasteiger partial charge is 0.494 e. The molecule has 1 aliphatic rings. The molecule has 0 spiro atoms. The van der Waals surface area contributed by atoms with Crippen molar-refractivity contribution >= 4 is 44.5 Å². The minimum Gasteiger partial charge on any atom is -0.494 e. The molecule has 1 amide bonds. The lowest BCUT2D eigenvalue weighted by molar-refractivity contribution is 0.0934. The first-order valence-corrected chi connectivity index (χ1v) is 10.8. The molecule has 3 heterocycles. The van der Waals surface area contributed by atoms with E-state index < -0.39 is 5.54 Å². The zero-order valence-corrected chi connectivity index (χ0v) is 17.0. The van der Waals surface area contributed by atoms with Crippen LogP contribution in [0.4, 0.5) is 5.69 Å². The number of anilines is 1. The molecule has 3 aromatic rings. The molecule has 4 nitrogen and oxygen atoms in total. The van der Waals surface area contributed by atoms with Crippen molar-refractivity contribution in [2.75, 3.05) is 11.5 Å². The van der Waals surface area contributed by atoms with Gasteiger partial charge in [0.2, 0.25) is 0 Å². The molecule has 0 atom stereocenters. The summed E-state index contributed by atoms with van der Waals surface area (Å²) in [4.78, 5) is 16.1. The first kappa shape index (κ1) is 17.5. The van der Waals surface area contributed by atoms with Crippen LogP contribution in [0.5, 0.6) is 5.75 Å². The van der Waals surface area contributed by atoms with Crippen LogP contribution in [0.3, 0.4) is 0 Å². The first-order valence-electron chi connectivity index (χ1n) is 8.24. The Bertz CT molecular complexity index is 1030. The SMILES string of the molecule is CCOc1ccc2c(c1)-c1c(ssc1=S)C(C)(C)N2C(=O)c1ccco1. The highest BCUT2D eigenvalue weighted by Crippen LogP contribution is 2.53. The Kier molecular flexibility index (Phi) is 4.25. The Hall–Kier alpha value is -1.96. The number of ether oxygens (including phenoxy) is 1. The number of carbonyl (C=O) groups is 1. The molecule has 0 fully saturated rings. The van der Waals surface area contributed by atoms with Crippen LogP contribution in [0.1, 0.15) is 36.2 Å². The molecule has 0 unspecified atom stereocenters. The number of hydrogen-bond donors (Lipinski definition) is 0. The van der Waals surface area contributed by atoms with Gasteiger partial charge in [-0.05, 0) is 51.1 Å². The summed E-state index contributed by atoms with van der Waals surface area (Å²) in [5.74, 6) is 0.925. The summed E-state index contributed by atoms with van der Waals surface area (Å²) < 4.78 is 11.9. The fourth-order valence-electron chi connectivity index (χ4n) is 3.34. The summed E-state index contributed by atoms with van der Waals surface area (Å²) in [5, 5.41) is 0. The van der Waals surface area contributed by atoms with Crippen LogP contribution in [0, 0.1) is 3.82 Å². The number of rotatable bonds is 3. The van der Waals surface area contributed by atoms with Gasteiger partial charge in [0.05, 0.1) is 29.0 Å². The second-order valence-electron chi connectivity index (χ2n) is 6.45. The van der Waals surface area contributed by atoms with Crippen LogP contribution < -0.4 is 9.64 Å². The third-order valence-electron chi connectivity index (χ3n) is 4.47. The summed E-state index contributed by atoms with van der Waals surface area (Å²) in [5.41, 5.74) is 2.27. The monoisotopic (exact) mass is 403 g/mol. The van der Waals surface area contributed by atoms with Crippen LogP contribution >= 0.6 is 32.9 Å². The van der Waals surface area contributed by atoms with Crippen molar-refractivity contribution in [2.45, 2.75) is 26.3 Å². The average Bonchev–Trinajstić information content (AvgIpc) is 3.25. The van der Waals surface area contributed by atoms with E-state index in [-0.39, 0.29) is 5.91 Å². The summed E-state index contributed by atoms with van der Waals surface area (Å²) in [7, 11) is 3.20. The van der Waals surface area contributed by atoms with E-state index in [9.17, 15) is 4.79 Å². The van der Waals surface area contributed by atoms with Crippen molar-refractivity contribution in [1.29, 1.82) is 0 Å². The normalized spacial score (nSPS) is 14.7. The summed E-state index contributed by atoms with van der Waals surface area (Å²) in [6, 6.07) is 9.22. The molecule has 0 N–H and O–H groups in total. The van der Waals surface area contributed by atoms with Gasteiger partial charge in [0.15, 0.2) is 5.76 Å². The molecular formula is C19H17NO3S3. The molecule has 0 saturated heterocycles. The van der Waals surface area contributed by atoms with Gasteiger partial charge >= 0.3 is 0 Å². The van der Waals surface area contributed by atoms with Crippen LogP contribution in [-0.4, -0.2) is 12.5 Å². The average molecular weight is 404 g/mol. The predicted octanol–water partition coefficient (Wildman–Crippen LogP) is 6.09. The summed E-state index contributed by atoms with van der Waals surface area (Å²) >= 11 is 5.61. The Morgan fingerprint density at radius 3 is 2.81 bits per heavy atom. The third kappa shape index (κ3) is 2.53. The molecule has 1 aromatic carbocycles. The molecule has 7 heteroatoms. The molecule has 26 heavy (non-hydrogen) atoms. The molecule has 134 valence electrons. The highest BCUT2D eigenvalue weighted by molar-refractivity contribution is 7.80. The third-order valence-corrected chi connectivity index (χ3v) is 7.80. The van der Waals surface area contributed by atoms with Gasteiger partial charge in [-0.25, -0.2) is 0 Å². The van der Waals surface area contributed by atoms with Gasteiger partial charge in [0, 0.05) is 11.1 Å². The van der Waals surface area contributed by atoms with E-state index in [1.165, 1.54) is 6.26 Å². The number of carbonyl (C=O) groups excluding carboxylic acids is 1. The first-order chi connectivity index (χ1) is 12.4. The maximum Gasteiger partial charge on any atom is 0.294 e. The summed E-state index contributed by atoms with van der Waals surface area (Å²) in [6.07, 6.45) is 1.52. The van der Waals surface area contributed by atoms with E-state index in [4.69, 9.17) is 21.4 Å². The van der Waals surface area contributed by atoms with Gasteiger partial charge in [-0.2, -0.15) is 0 Å². The molecule has 2 aromatic heterocycles. The second kappa shape index (κ2) is 6.33. The maximum absolute atomic E-state index is 13.2. The van der Waals surface area contributed by atoms with Gasteiger partial charge in [0.1, 0.15) is 9.57 Å². The molecule has 0 bridgehead atoms. The number of furan rings is 1. The lowest BCUT2D eigenvalue weighted by Gasteiger charge is -2.42. The number of benzene rings is 1. The van der Waals surface area contributed by atoms with Crippen molar-refractivity contribution in [1.82, 2.24) is 0 Å². The molecule has 1 aliphatic heterocycles. The molecular weight excluding hydrogens is 386 g/mol. The number of fused-ring (bicyclic) bond motifs is 3. The number of hydrogen-bond acceptors (Lipinski definition) is 6. The molecule has 4 rings (SSSR count). The van der Waals surface area contributed by atoms with Crippen molar-refractivity contribution in [2.24, 2.45) is 0 Å². The van der Waals surface area contributed by atoms with Gasteiger partial charge < -0.3 is 9.15 Å². The van der Waals surface area contributed by atoms with Gasteiger partial charge in [-0.1, -0.05) is 32.9 Å². The molecule has 0 aliphatic carbocycles. The molecule has 0 saturated carbocycles. The van der Waals surface area contributed by atoms with Crippen molar-refractivity contribution < 1.29 is 13.9 Å². The maximum atomic E-state index is 13.2. The van der Waals surface area contributed by atoms with Gasteiger partial charge in [-0.15, -0.1) is 0 Å². The standard InChI is InChI=1S/C19H17NO3S3/c1-4-22-11-7-8-13-12(10-11)15-16(25-26-18(15)24)19(2,3)20(13)17(21)14-6-5-9-23-14/h5-10H,4H2,1-3H3. The Balaban J connectivity index is 1.97. The van der Waals surface area contributed by atoms with E-state index in [1.54, 1.807) is 37.7 Å². The fourth-order valence-corrected chi connectivity index (χ4v) is 6.62. The quantitative estimate of drug-likeness (QED) is 0.392. The van der Waals surface area contributed by atoms with E-state index in [0.717, 1.165) is 31.3 Å². The lowest BCUT2D eigenvalue weighted by atomic mass is 9.87. The Morgan fingerprint density at radius 2 is 2.12 bits per heavy atom. The molecule has 0 radical (unpaired) electrons. The Morgan fingerprint density at radius 1 is 1.31 bits per heavy atom. The van der Waals surface area contributed by atoms with E-state index in [0.29, 0.717) is 12.4 Å². The van der Waals surface area contributed by atoms with Gasteiger partial charge in [-0.3, -0.25) is 9.69 Å². The van der Waals surface area contributed by atoms with E-state index in [1.807, 2.05) is 39.0 Å². The summed E-state index contributed by atoms with van der Waals surface area (Å²) in [6.45, 7) is 6.62. The van der Waals surface area contributed by atoms with Gasteiger partial charge in [0.25, 0.3) is 5.91 Å². The fraction of sp³-hybridized carbons (Fsp3) is 0.263.